The van der Waals surface area contributed by atoms with Crippen molar-refractivity contribution in [3.8, 4) is 0 Å². The van der Waals surface area contributed by atoms with E-state index in [2.05, 4.69) is 16.0 Å². The topological polar surface area (TPSA) is 49.0 Å². The zero-order chi connectivity index (χ0) is 11.7. The number of aromatic nitrogens is 2. The molecule has 0 unspecified atom stereocenters. The Morgan fingerprint density at radius 1 is 1.28 bits per heavy atom. The Labute approximate surface area is 111 Å². The number of anilines is 1. The number of benzene rings is 1. The number of carbonyl (C=O) groups is 1. The number of carbonyl (C=O) groups excluding carboxylic acids is 1. The molecule has 1 aliphatic rings. The molecule has 2 heterocycles. The summed E-state index contributed by atoms with van der Waals surface area (Å²) in [5.74, 6) is 0.179. The lowest BCUT2D eigenvalue weighted by Gasteiger charge is -2.28. The summed E-state index contributed by atoms with van der Waals surface area (Å²) in [5, 5.41) is 0. The maximum absolute atomic E-state index is 12.0. The summed E-state index contributed by atoms with van der Waals surface area (Å²) in [5.41, 5.74) is 3.22. The molecule has 2 aromatic rings. The van der Waals surface area contributed by atoms with Crippen molar-refractivity contribution in [2.45, 2.75) is 19.4 Å². The third-order valence-corrected chi connectivity index (χ3v) is 3.07. The minimum Gasteiger partial charge on any atom is -0.347 e. The van der Waals surface area contributed by atoms with Crippen LogP contribution in [0.25, 0.3) is 0 Å². The molecule has 0 saturated heterocycles. The highest BCUT2D eigenvalue weighted by Gasteiger charge is 2.23. The summed E-state index contributed by atoms with van der Waals surface area (Å²) in [7, 11) is 0. The maximum Gasteiger partial charge on any atom is 0.227 e. The van der Waals surface area contributed by atoms with E-state index in [0.717, 1.165) is 17.8 Å². The molecule has 1 amide bonds. The second kappa shape index (κ2) is 5.23. The van der Waals surface area contributed by atoms with E-state index < -0.39 is 0 Å². The van der Waals surface area contributed by atoms with Crippen LogP contribution in [0, 0.1) is 0 Å². The molecule has 0 fully saturated rings. The monoisotopic (exact) mass is 263 g/mol. The van der Waals surface area contributed by atoms with E-state index in [4.69, 9.17) is 0 Å². The number of hydrogen-bond acceptors (Lipinski definition) is 2. The Balaban J connectivity index is 0.00000120. The average Bonchev–Trinajstić information content (AvgIpc) is 2.86. The Bertz CT molecular complexity index is 539. The van der Waals surface area contributed by atoms with Gasteiger partial charge in [0.05, 0.1) is 18.6 Å². The number of aryl methyl sites for hydroxylation is 1. The number of para-hydroxylation sites is 1. The van der Waals surface area contributed by atoms with Crippen LogP contribution in [0.1, 0.15) is 17.7 Å². The quantitative estimate of drug-likeness (QED) is 0.904. The first-order valence-corrected chi connectivity index (χ1v) is 5.70. The lowest BCUT2D eigenvalue weighted by atomic mass is 10.0. The average molecular weight is 264 g/mol. The van der Waals surface area contributed by atoms with Crippen LogP contribution in [0.2, 0.25) is 0 Å². The molecule has 0 bridgehead atoms. The SMILES string of the molecule is Cl.O=C1CCc2ccccc2N1Cc1cnc[nH]1. The molecular weight excluding hydrogens is 250 g/mol. The van der Waals surface area contributed by atoms with Crippen LogP contribution in [-0.4, -0.2) is 15.9 Å². The van der Waals surface area contributed by atoms with Gasteiger partial charge in [0.25, 0.3) is 0 Å². The number of H-pyrrole nitrogens is 1. The van der Waals surface area contributed by atoms with Gasteiger partial charge in [-0.1, -0.05) is 18.2 Å². The van der Waals surface area contributed by atoms with Crippen molar-refractivity contribution in [3.63, 3.8) is 0 Å². The fourth-order valence-corrected chi connectivity index (χ4v) is 2.21. The number of halogens is 1. The molecule has 0 spiro atoms. The molecule has 0 aliphatic carbocycles. The van der Waals surface area contributed by atoms with Crippen molar-refractivity contribution in [1.82, 2.24) is 9.97 Å². The molecule has 18 heavy (non-hydrogen) atoms. The Hall–Kier alpha value is -1.81. The van der Waals surface area contributed by atoms with Gasteiger partial charge in [0.2, 0.25) is 5.91 Å². The van der Waals surface area contributed by atoms with Crippen LogP contribution in [0.15, 0.2) is 36.8 Å². The number of aromatic amines is 1. The third kappa shape index (κ3) is 2.24. The van der Waals surface area contributed by atoms with Gasteiger partial charge in [-0.15, -0.1) is 12.4 Å². The fraction of sp³-hybridized carbons (Fsp3) is 0.231. The largest absolute Gasteiger partial charge is 0.347 e. The van der Waals surface area contributed by atoms with Crippen molar-refractivity contribution in [2.24, 2.45) is 0 Å². The van der Waals surface area contributed by atoms with Crippen molar-refractivity contribution in [3.05, 3.63) is 48.0 Å². The number of imidazole rings is 1. The Kier molecular flexibility index (Phi) is 3.67. The molecular formula is C13H14ClN3O. The van der Waals surface area contributed by atoms with E-state index in [1.165, 1.54) is 5.56 Å². The molecule has 1 N–H and O–H groups in total. The van der Waals surface area contributed by atoms with E-state index in [-0.39, 0.29) is 18.3 Å². The zero-order valence-electron chi connectivity index (χ0n) is 9.80. The zero-order valence-corrected chi connectivity index (χ0v) is 10.6. The van der Waals surface area contributed by atoms with Gasteiger partial charge in [0.15, 0.2) is 0 Å². The summed E-state index contributed by atoms with van der Waals surface area (Å²) < 4.78 is 0. The lowest BCUT2D eigenvalue weighted by molar-refractivity contribution is -0.119. The summed E-state index contributed by atoms with van der Waals surface area (Å²) in [4.78, 5) is 20.8. The molecule has 1 aromatic carbocycles. The highest BCUT2D eigenvalue weighted by molar-refractivity contribution is 5.96. The fourth-order valence-electron chi connectivity index (χ4n) is 2.21. The second-order valence-corrected chi connectivity index (χ2v) is 4.19. The minimum atomic E-state index is 0. The van der Waals surface area contributed by atoms with Crippen LogP contribution < -0.4 is 4.90 Å². The summed E-state index contributed by atoms with van der Waals surface area (Å²) >= 11 is 0. The summed E-state index contributed by atoms with van der Waals surface area (Å²) in [6, 6.07) is 8.07. The van der Waals surface area contributed by atoms with E-state index in [1.54, 1.807) is 12.5 Å². The number of nitrogens with one attached hydrogen (secondary N) is 1. The minimum absolute atomic E-state index is 0. The van der Waals surface area contributed by atoms with Gasteiger partial charge in [-0.2, -0.15) is 0 Å². The van der Waals surface area contributed by atoms with E-state index in [1.807, 2.05) is 23.1 Å². The van der Waals surface area contributed by atoms with Crippen molar-refractivity contribution in [1.29, 1.82) is 0 Å². The number of fused-ring (bicyclic) bond motifs is 1. The highest BCUT2D eigenvalue weighted by atomic mass is 35.5. The lowest BCUT2D eigenvalue weighted by Crippen LogP contribution is -2.34. The normalized spacial score (nSPS) is 14.0. The molecule has 5 heteroatoms. The van der Waals surface area contributed by atoms with E-state index in [0.29, 0.717) is 13.0 Å². The summed E-state index contributed by atoms with van der Waals surface area (Å²) in [6.07, 6.45) is 4.82. The molecule has 0 radical (unpaired) electrons. The van der Waals surface area contributed by atoms with Gasteiger partial charge in [-0.25, -0.2) is 4.98 Å². The van der Waals surface area contributed by atoms with Gasteiger partial charge in [-0.05, 0) is 18.1 Å². The predicted octanol–water partition coefficient (Wildman–Crippen LogP) is 2.31. The van der Waals surface area contributed by atoms with Crippen LogP contribution in [-0.2, 0) is 17.8 Å². The van der Waals surface area contributed by atoms with Gasteiger partial charge in [-0.3, -0.25) is 4.79 Å². The molecule has 0 atom stereocenters. The van der Waals surface area contributed by atoms with Gasteiger partial charge >= 0.3 is 0 Å². The third-order valence-electron chi connectivity index (χ3n) is 3.07. The van der Waals surface area contributed by atoms with Crippen LogP contribution in [0.4, 0.5) is 5.69 Å². The van der Waals surface area contributed by atoms with Crippen molar-refractivity contribution in [2.75, 3.05) is 4.90 Å². The number of nitrogens with zero attached hydrogens (tertiary/aromatic N) is 2. The molecule has 3 rings (SSSR count). The van der Waals surface area contributed by atoms with Crippen molar-refractivity contribution >= 4 is 24.0 Å². The number of hydrogen-bond donors (Lipinski definition) is 1. The van der Waals surface area contributed by atoms with E-state index >= 15 is 0 Å². The van der Waals surface area contributed by atoms with Crippen LogP contribution in [0.3, 0.4) is 0 Å². The first kappa shape index (κ1) is 12.6. The van der Waals surface area contributed by atoms with Crippen molar-refractivity contribution < 1.29 is 4.79 Å². The highest BCUT2D eigenvalue weighted by Crippen LogP contribution is 2.28. The van der Waals surface area contributed by atoms with Gasteiger partial charge < -0.3 is 9.88 Å². The summed E-state index contributed by atoms with van der Waals surface area (Å²) in [6.45, 7) is 0.565. The van der Waals surface area contributed by atoms with Gasteiger partial charge in [0.1, 0.15) is 0 Å². The molecule has 1 aromatic heterocycles. The Morgan fingerprint density at radius 2 is 2.11 bits per heavy atom. The second-order valence-electron chi connectivity index (χ2n) is 4.19. The standard InChI is InChI=1S/C13H13N3O.ClH/c17-13-6-5-10-3-1-2-4-12(10)16(13)8-11-7-14-9-15-11;/h1-4,7,9H,5-6,8H2,(H,14,15);1H. The predicted molar refractivity (Wildman–Crippen MR) is 71.8 cm³/mol. The van der Waals surface area contributed by atoms with E-state index in [9.17, 15) is 4.79 Å². The number of amides is 1. The number of rotatable bonds is 2. The first-order valence-electron chi connectivity index (χ1n) is 5.70. The Morgan fingerprint density at radius 3 is 2.89 bits per heavy atom. The molecule has 1 aliphatic heterocycles. The van der Waals surface area contributed by atoms with Gasteiger partial charge in [0, 0.05) is 18.3 Å². The smallest absolute Gasteiger partial charge is 0.227 e. The molecule has 94 valence electrons. The first-order chi connectivity index (χ1) is 8.34. The maximum atomic E-state index is 12.0. The van der Waals surface area contributed by atoms with Crippen LogP contribution in [0.5, 0.6) is 0 Å². The van der Waals surface area contributed by atoms with Crippen LogP contribution >= 0.6 is 12.4 Å². The molecule has 0 saturated carbocycles. The molecule has 4 nitrogen and oxygen atoms in total.